The van der Waals surface area contributed by atoms with Crippen molar-refractivity contribution >= 4 is 29.3 Å². The van der Waals surface area contributed by atoms with Crippen molar-refractivity contribution in [3.63, 3.8) is 0 Å². The fourth-order valence-electron chi connectivity index (χ4n) is 5.82. The molecule has 0 bridgehead atoms. The highest BCUT2D eigenvalue weighted by atomic mass is 19.1. The van der Waals surface area contributed by atoms with Crippen molar-refractivity contribution < 1.29 is 32.3 Å². The van der Waals surface area contributed by atoms with E-state index >= 15 is 0 Å². The minimum atomic E-state index is -1.42. The molecule has 2 aromatic rings. The molecule has 0 radical (unpaired) electrons. The Morgan fingerprint density at radius 2 is 1.81 bits per heavy atom. The SMILES string of the molecule is [C-]#[N+][C@@H]1C[C@@]2(CN1C(=O)[C@H](CC(C)C)N(CC)C(=O)[C@H](C)NC(=O)c1c(F)cc(F)cc1F)C(=O)Nc1ccccc12. The minimum absolute atomic E-state index is 0.0442. The molecular weight excluding hydrogens is 551 g/mol. The highest BCUT2D eigenvalue weighted by molar-refractivity contribution is 6.07. The summed E-state index contributed by atoms with van der Waals surface area (Å²) in [5.74, 6) is -6.86. The van der Waals surface area contributed by atoms with Gasteiger partial charge in [0.25, 0.3) is 11.8 Å². The third-order valence-corrected chi connectivity index (χ3v) is 7.82. The Balaban J connectivity index is 1.60. The van der Waals surface area contributed by atoms with Crippen molar-refractivity contribution in [3.8, 4) is 0 Å². The number of rotatable bonds is 8. The second-order valence-corrected chi connectivity index (χ2v) is 11.1. The number of hydrogen-bond donors (Lipinski definition) is 2. The third-order valence-electron chi connectivity index (χ3n) is 7.82. The molecule has 2 N–H and O–H groups in total. The molecule has 2 aliphatic heterocycles. The van der Waals surface area contributed by atoms with Gasteiger partial charge in [-0.1, -0.05) is 32.0 Å². The van der Waals surface area contributed by atoms with Gasteiger partial charge in [-0.3, -0.25) is 28.9 Å². The van der Waals surface area contributed by atoms with Crippen molar-refractivity contribution in [2.75, 3.05) is 18.4 Å². The summed E-state index contributed by atoms with van der Waals surface area (Å²) >= 11 is 0. The third kappa shape index (κ3) is 5.43. The maximum Gasteiger partial charge on any atom is 0.302 e. The van der Waals surface area contributed by atoms with Gasteiger partial charge in [0.2, 0.25) is 11.8 Å². The molecule has 1 saturated heterocycles. The van der Waals surface area contributed by atoms with Crippen molar-refractivity contribution in [1.82, 2.24) is 15.1 Å². The van der Waals surface area contributed by atoms with Crippen LogP contribution < -0.4 is 10.6 Å². The van der Waals surface area contributed by atoms with E-state index in [-0.39, 0.29) is 37.8 Å². The molecule has 4 atom stereocenters. The molecule has 1 spiro atoms. The van der Waals surface area contributed by atoms with Crippen LogP contribution in [-0.2, 0) is 19.8 Å². The summed E-state index contributed by atoms with van der Waals surface area (Å²) in [5, 5.41) is 5.09. The number of carbonyl (C=O) groups is 4. The summed E-state index contributed by atoms with van der Waals surface area (Å²) < 4.78 is 41.6. The van der Waals surface area contributed by atoms with Gasteiger partial charge in [0.15, 0.2) is 0 Å². The van der Waals surface area contributed by atoms with Crippen LogP contribution in [-0.4, -0.2) is 64.8 Å². The molecule has 0 aliphatic carbocycles. The Kier molecular flexibility index (Phi) is 8.61. The zero-order valence-electron chi connectivity index (χ0n) is 23.7. The quantitative estimate of drug-likeness (QED) is 0.461. The lowest BCUT2D eigenvalue weighted by Crippen LogP contribution is -2.57. The largest absolute Gasteiger partial charge is 0.340 e. The fraction of sp³-hybridized carbons (Fsp3) is 0.433. The van der Waals surface area contributed by atoms with E-state index in [9.17, 15) is 32.3 Å². The normalized spacial score (nSPS) is 20.6. The Bertz CT molecular complexity index is 1450. The highest BCUT2D eigenvalue weighted by Crippen LogP contribution is 2.47. The first-order valence-electron chi connectivity index (χ1n) is 13.7. The van der Waals surface area contributed by atoms with Gasteiger partial charge in [0, 0.05) is 30.9 Å². The minimum Gasteiger partial charge on any atom is -0.340 e. The molecule has 0 unspecified atom stereocenters. The van der Waals surface area contributed by atoms with Gasteiger partial charge in [-0.05, 0) is 37.8 Å². The van der Waals surface area contributed by atoms with Crippen LogP contribution in [0.15, 0.2) is 36.4 Å². The molecule has 1 fully saturated rings. The van der Waals surface area contributed by atoms with Crippen molar-refractivity contribution in [3.05, 3.63) is 76.4 Å². The van der Waals surface area contributed by atoms with Crippen molar-refractivity contribution in [2.24, 2.45) is 5.92 Å². The average Bonchev–Trinajstić information content (AvgIpc) is 3.45. The zero-order valence-corrected chi connectivity index (χ0v) is 23.7. The first kappa shape index (κ1) is 30.6. The number of anilines is 1. The van der Waals surface area contributed by atoms with Crippen LogP contribution in [0.25, 0.3) is 4.85 Å². The number of likely N-dealkylation sites (tertiary alicyclic amines) is 1. The number of hydrogen-bond acceptors (Lipinski definition) is 4. The molecule has 12 heteroatoms. The van der Waals surface area contributed by atoms with E-state index < -0.39 is 64.4 Å². The Labute approximate surface area is 241 Å². The van der Waals surface area contributed by atoms with Crippen molar-refractivity contribution in [2.45, 2.75) is 64.2 Å². The lowest BCUT2D eigenvalue weighted by atomic mass is 9.80. The van der Waals surface area contributed by atoms with Gasteiger partial charge in [0.05, 0.1) is 6.42 Å². The van der Waals surface area contributed by atoms with E-state index in [1.807, 2.05) is 13.8 Å². The smallest absolute Gasteiger partial charge is 0.302 e. The first-order chi connectivity index (χ1) is 19.8. The van der Waals surface area contributed by atoms with E-state index in [1.54, 1.807) is 31.2 Å². The van der Waals surface area contributed by atoms with Crippen LogP contribution >= 0.6 is 0 Å². The molecule has 42 heavy (non-hydrogen) atoms. The summed E-state index contributed by atoms with van der Waals surface area (Å²) in [6, 6.07) is 5.50. The van der Waals surface area contributed by atoms with Crippen LogP contribution in [0.2, 0.25) is 0 Å². The van der Waals surface area contributed by atoms with E-state index in [0.717, 1.165) is 0 Å². The Hall–Kier alpha value is -4.40. The summed E-state index contributed by atoms with van der Waals surface area (Å²) in [4.78, 5) is 59.8. The average molecular weight is 584 g/mol. The van der Waals surface area contributed by atoms with Crippen LogP contribution in [0.1, 0.15) is 56.5 Å². The number of carbonyl (C=O) groups excluding carboxylic acids is 4. The molecule has 222 valence electrons. The van der Waals surface area contributed by atoms with Crippen LogP contribution in [0, 0.1) is 29.9 Å². The zero-order chi connectivity index (χ0) is 30.9. The van der Waals surface area contributed by atoms with E-state index in [2.05, 4.69) is 15.5 Å². The van der Waals surface area contributed by atoms with Crippen LogP contribution in [0.4, 0.5) is 18.9 Å². The van der Waals surface area contributed by atoms with Gasteiger partial charge in [-0.2, -0.15) is 0 Å². The predicted molar refractivity (Wildman–Crippen MR) is 147 cm³/mol. The van der Waals surface area contributed by atoms with Crippen molar-refractivity contribution in [1.29, 1.82) is 0 Å². The van der Waals surface area contributed by atoms with Gasteiger partial charge >= 0.3 is 6.17 Å². The Morgan fingerprint density at radius 1 is 1.17 bits per heavy atom. The lowest BCUT2D eigenvalue weighted by Gasteiger charge is -2.35. The number of nitrogens with one attached hydrogen (secondary N) is 2. The van der Waals surface area contributed by atoms with Gasteiger partial charge < -0.3 is 15.5 Å². The monoisotopic (exact) mass is 583 g/mol. The molecule has 2 aliphatic rings. The summed E-state index contributed by atoms with van der Waals surface area (Å²) in [6.07, 6.45) is -0.627. The molecule has 4 amide bonds. The number of para-hydroxylation sites is 1. The predicted octanol–water partition coefficient (Wildman–Crippen LogP) is 3.85. The maximum atomic E-state index is 14.2. The first-order valence-corrected chi connectivity index (χ1v) is 13.7. The molecule has 4 rings (SSSR count). The fourth-order valence-corrected chi connectivity index (χ4v) is 5.82. The molecular formula is C30H32F3N5O4. The second kappa shape index (κ2) is 11.8. The van der Waals surface area contributed by atoms with Gasteiger partial charge in [0.1, 0.15) is 40.5 Å². The standard InChI is InChI=1S/C30H32F3N5O4/c1-6-37(27(40)17(4)35-26(39)25-20(32)12-18(31)13-21(25)33)23(11-16(2)3)28(41)38-15-30(14-24(38)34-5)19-9-7-8-10-22(19)36-29(30)42/h7-10,12-13,16-17,23-24H,6,11,14-15H2,1-4H3,(H,35,39)(H,36,42)/t17-,23-,24-,30-/m0/s1. The number of fused-ring (bicyclic) bond motifs is 2. The summed E-state index contributed by atoms with van der Waals surface area (Å²) in [6.45, 7) is 14.5. The topological polar surface area (TPSA) is 103 Å². The maximum absolute atomic E-state index is 14.2. The van der Waals surface area contributed by atoms with E-state index in [0.29, 0.717) is 23.4 Å². The van der Waals surface area contributed by atoms with E-state index in [1.165, 1.54) is 16.7 Å². The lowest BCUT2D eigenvalue weighted by molar-refractivity contribution is -0.147. The second-order valence-electron chi connectivity index (χ2n) is 11.1. The number of amides is 4. The number of likely N-dealkylation sites (N-methyl/N-ethyl adjacent to an activating group) is 1. The Morgan fingerprint density at radius 3 is 2.40 bits per heavy atom. The summed E-state index contributed by atoms with van der Waals surface area (Å²) in [5.41, 5.74) is -0.802. The van der Waals surface area contributed by atoms with Crippen LogP contribution in [0.5, 0.6) is 0 Å². The number of benzene rings is 2. The van der Waals surface area contributed by atoms with Gasteiger partial charge in [-0.25, -0.2) is 19.7 Å². The molecule has 9 nitrogen and oxygen atoms in total. The molecule has 2 heterocycles. The number of halogens is 3. The molecule has 0 aromatic heterocycles. The van der Waals surface area contributed by atoms with Gasteiger partial charge in [-0.15, -0.1) is 0 Å². The summed E-state index contributed by atoms with van der Waals surface area (Å²) in [7, 11) is 0. The molecule has 0 saturated carbocycles. The van der Waals surface area contributed by atoms with Crippen LogP contribution in [0.3, 0.4) is 0 Å². The highest BCUT2D eigenvalue weighted by Gasteiger charge is 2.59. The van der Waals surface area contributed by atoms with E-state index in [4.69, 9.17) is 6.57 Å². The molecule has 2 aromatic carbocycles. The number of nitrogens with zero attached hydrogens (tertiary/aromatic N) is 3.